The van der Waals surface area contributed by atoms with Crippen molar-refractivity contribution >= 4 is 11.4 Å². The zero-order valence-electron chi connectivity index (χ0n) is 10.9. The third-order valence-electron chi connectivity index (χ3n) is 3.21. The molecule has 0 amide bonds. The van der Waals surface area contributed by atoms with Gasteiger partial charge in [0.2, 0.25) is 0 Å². The highest BCUT2D eigenvalue weighted by Crippen LogP contribution is 2.38. The minimum atomic E-state index is 0. The SMILES string of the molecule is Cc1c(-c2ccc(N)c(O)c2C)ccc(N)c1O.O. The Kier molecular flexibility index (Phi) is 3.92. The maximum atomic E-state index is 9.85. The van der Waals surface area contributed by atoms with Gasteiger partial charge in [0.15, 0.2) is 0 Å². The lowest BCUT2D eigenvalue weighted by molar-refractivity contribution is 0.472. The number of anilines is 2. The molecule has 0 heterocycles. The van der Waals surface area contributed by atoms with Crippen molar-refractivity contribution in [2.75, 3.05) is 11.5 Å². The number of aromatic hydroxyl groups is 2. The highest BCUT2D eigenvalue weighted by molar-refractivity contribution is 5.79. The highest BCUT2D eigenvalue weighted by Gasteiger charge is 2.13. The second-order valence-corrected chi connectivity index (χ2v) is 4.35. The van der Waals surface area contributed by atoms with Crippen molar-refractivity contribution in [3.05, 3.63) is 35.4 Å². The predicted octanol–water partition coefficient (Wildman–Crippen LogP) is 1.72. The second-order valence-electron chi connectivity index (χ2n) is 4.35. The van der Waals surface area contributed by atoms with Crippen LogP contribution in [0.4, 0.5) is 11.4 Å². The summed E-state index contributed by atoms with van der Waals surface area (Å²) in [6.45, 7) is 3.57. The minimum Gasteiger partial charge on any atom is -0.505 e. The molecule has 0 aliphatic carbocycles. The fourth-order valence-electron chi connectivity index (χ4n) is 2.03. The summed E-state index contributed by atoms with van der Waals surface area (Å²) in [5.74, 6) is 0.145. The maximum Gasteiger partial charge on any atom is 0.141 e. The van der Waals surface area contributed by atoms with Crippen molar-refractivity contribution in [2.45, 2.75) is 13.8 Å². The summed E-state index contributed by atoms with van der Waals surface area (Å²) < 4.78 is 0. The Morgan fingerprint density at radius 2 is 1.05 bits per heavy atom. The average Bonchev–Trinajstić information content (AvgIpc) is 2.35. The Bertz CT molecular complexity index is 569. The molecule has 0 unspecified atom stereocenters. The van der Waals surface area contributed by atoms with E-state index in [0.717, 1.165) is 11.1 Å². The highest BCUT2D eigenvalue weighted by atomic mass is 16.3. The summed E-state index contributed by atoms with van der Waals surface area (Å²) >= 11 is 0. The molecular weight excluding hydrogens is 244 g/mol. The van der Waals surface area contributed by atoms with Crippen LogP contribution in [-0.2, 0) is 0 Å². The summed E-state index contributed by atoms with van der Waals surface area (Å²) in [5.41, 5.74) is 15.0. The maximum absolute atomic E-state index is 9.85. The van der Waals surface area contributed by atoms with E-state index in [1.807, 2.05) is 12.1 Å². The van der Waals surface area contributed by atoms with E-state index in [4.69, 9.17) is 11.5 Å². The van der Waals surface area contributed by atoms with E-state index in [-0.39, 0.29) is 17.0 Å². The van der Waals surface area contributed by atoms with Crippen molar-refractivity contribution in [1.29, 1.82) is 0 Å². The number of phenolic OH excluding ortho intramolecular Hbond substituents is 2. The van der Waals surface area contributed by atoms with E-state index in [1.54, 1.807) is 26.0 Å². The fraction of sp³-hybridized carbons (Fsp3) is 0.143. The van der Waals surface area contributed by atoms with Gasteiger partial charge in [0.25, 0.3) is 0 Å². The van der Waals surface area contributed by atoms with Gasteiger partial charge >= 0.3 is 0 Å². The van der Waals surface area contributed by atoms with Crippen LogP contribution in [0.5, 0.6) is 11.5 Å². The molecule has 2 rings (SSSR count). The van der Waals surface area contributed by atoms with Crippen LogP contribution in [0.2, 0.25) is 0 Å². The first kappa shape index (κ1) is 14.7. The summed E-state index contributed by atoms with van der Waals surface area (Å²) in [5, 5.41) is 19.7. The van der Waals surface area contributed by atoms with Gasteiger partial charge in [0.05, 0.1) is 11.4 Å². The Morgan fingerprint density at radius 3 is 1.37 bits per heavy atom. The topological polar surface area (TPSA) is 124 Å². The molecule has 0 saturated carbocycles. The molecule has 0 aliphatic rings. The zero-order chi connectivity index (χ0) is 13.4. The number of nitrogen functional groups attached to an aromatic ring is 2. The summed E-state index contributed by atoms with van der Waals surface area (Å²) in [7, 11) is 0. The van der Waals surface area contributed by atoms with Crippen LogP contribution in [-0.4, -0.2) is 15.7 Å². The first-order valence-corrected chi connectivity index (χ1v) is 5.60. The molecular formula is C14H18N2O3. The van der Waals surface area contributed by atoms with Crippen LogP contribution in [0.1, 0.15) is 11.1 Å². The number of phenols is 2. The van der Waals surface area contributed by atoms with Gasteiger partial charge in [-0.05, 0) is 37.1 Å². The van der Waals surface area contributed by atoms with Crippen molar-refractivity contribution < 1.29 is 15.7 Å². The molecule has 0 aliphatic heterocycles. The van der Waals surface area contributed by atoms with Gasteiger partial charge in [0.1, 0.15) is 11.5 Å². The number of rotatable bonds is 1. The largest absolute Gasteiger partial charge is 0.505 e. The van der Waals surface area contributed by atoms with Crippen molar-refractivity contribution in [3.63, 3.8) is 0 Å². The van der Waals surface area contributed by atoms with Gasteiger partial charge in [-0.3, -0.25) is 0 Å². The van der Waals surface area contributed by atoms with Crippen LogP contribution >= 0.6 is 0 Å². The minimum absolute atomic E-state index is 0. The fourth-order valence-corrected chi connectivity index (χ4v) is 2.03. The van der Waals surface area contributed by atoms with E-state index in [2.05, 4.69) is 0 Å². The van der Waals surface area contributed by atoms with Crippen LogP contribution in [0.15, 0.2) is 24.3 Å². The Balaban J connectivity index is 0.00000180. The Labute approximate surface area is 111 Å². The summed E-state index contributed by atoms with van der Waals surface area (Å²) in [4.78, 5) is 0. The molecule has 2 aromatic rings. The van der Waals surface area contributed by atoms with Gasteiger partial charge in [-0.2, -0.15) is 0 Å². The summed E-state index contributed by atoms with van der Waals surface area (Å²) in [6.07, 6.45) is 0. The lowest BCUT2D eigenvalue weighted by Gasteiger charge is -2.14. The second kappa shape index (κ2) is 5.07. The van der Waals surface area contributed by atoms with E-state index < -0.39 is 0 Å². The van der Waals surface area contributed by atoms with Crippen LogP contribution in [0, 0.1) is 13.8 Å². The lowest BCUT2D eigenvalue weighted by atomic mass is 9.94. The quantitative estimate of drug-likeness (QED) is 0.461. The zero-order valence-corrected chi connectivity index (χ0v) is 10.9. The van der Waals surface area contributed by atoms with Crippen molar-refractivity contribution in [3.8, 4) is 22.6 Å². The number of hydrogen-bond donors (Lipinski definition) is 4. The van der Waals surface area contributed by atoms with Crippen LogP contribution < -0.4 is 11.5 Å². The van der Waals surface area contributed by atoms with Gasteiger partial charge in [-0.25, -0.2) is 0 Å². The monoisotopic (exact) mass is 262 g/mol. The Hall–Kier alpha value is -2.40. The summed E-state index contributed by atoms with van der Waals surface area (Å²) in [6, 6.07) is 6.93. The molecule has 19 heavy (non-hydrogen) atoms. The van der Waals surface area contributed by atoms with Gasteiger partial charge in [0, 0.05) is 11.1 Å². The number of hydrogen-bond acceptors (Lipinski definition) is 4. The van der Waals surface area contributed by atoms with E-state index in [1.165, 1.54) is 0 Å². The van der Waals surface area contributed by atoms with E-state index in [0.29, 0.717) is 22.5 Å². The standard InChI is InChI=1S/C14H16N2O2.H2O/c1-7-9(3-5-11(15)13(7)17)10-4-6-12(16)14(18)8(10)2;/h3-6,17-18H,15-16H2,1-2H3;1H2. The molecule has 0 atom stereocenters. The molecule has 5 nitrogen and oxygen atoms in total. The first-order chi connectivity index (χ1) is 8.43. The van der Waals surface area contributed by atoms with Gasteiger partial charge in [-0.15, -0.1) is 0 Å². The molecule has 0 aromatic heterocycles. The van der Waals surface area contributed by atoms with Crippen LogP contribution in [0.3, 0.4) is 0 Å². The number of nitrogens with two attached hydrogens (primary N) is 2. The normalized spacial score (nSPS) is 10.0. The van der Waals surface area contributed by atoms with E-state index >= 15 is 0 Å². The molecule has 0 saturated heterocycles. The first-order valence-electron chi connectivity index (χ1n) is 5.60. The van der Waals surface area contributed by atoms with E-state index in [9.17, 15) is 10.2 Å². The third-order valence-corrected chi connectivity index (χ3v) is 3.21. The molecule has 8 N–H and O–H groups in total. The smallest absolute Gasteiger partial charge is 0.141 e. The Morgan fingerprint density at radius 1 is 0.737 bits per heavy atom. The molecule has 0 bridgehead atoms. The van der Waals surface area contributed by atoms with Crippen LogP contribution in [0.25, 0.3) is 11.1 Å². The van der Waals surface area contributed by atoms with Gasteiger partial charge in [-0.1, -0.05) is 12.1 Å². The molecule has 0 radical (unpaired) electrons. The van der Waals surface area contributed by atoms with Crippen molar-refractivity contribution in [2.24, 2.45) is 0 Å². The molecule has 0 spiro atoms. The predicted molar refractivity (Wildman–Crippen MR) is 77.1 cm³/mol. The average molecular weight is 262 g/mol. The molecule has 5 heteroatoms. The lowest BCUT2D eigenvalue weighted by Crippen LogP contribution is -1.94. The number of benzene rings is 2. The third kappa shape index (κ3) is 2.28. The molecule has 102 valence electrons. The van der Waals surface area contributed by atoms with Crippen molar-refractivity contribution in [1.82, 2.24) is 0 Å². The van der Waals surface area contributed by atoms with Gasteiger partial charge < -0.3 is 27.2 Å². The molecule has 2 aromatic carbocycles. The molecule has 0 fully saturated rings.